The maximum Gasteiger partial charge on any atom is 0.337 e. The Labute approximate surface area is 163 Å². The number of aromatic carboxylic acids is 1. The number of rotatable bonds is 4. The molecule has 2 aromatic heterocycles. The molecule has 0 aliphatic carbocycles. The average Bonchev–Trinajstić information content (AvgIpc) is 3.33. The number of furan rings is 1. The van der Waals surface area contributed by atoms with Gasteiger partial charge in [0.15, 0.2) is 5.76 Å². The highest BCUT2D eigenvalue weighted by atomic mass is 16.6. The number of nitro benzene ring substituents is 1. The van der Waals surface area contributed by atoms with E-state index in [9.17, 15) is 24.8 Å². The molecule has 0 unspecified atom stereocenters. The number of hydrogen-bond donors (Lipinski definition) is 1. The lowest BCUT2D eigenvalue weighted by atomic mass is 10.1. The molecule has 0 saturated carbocycles. The fourth-order valence-corrected chi connectivity index (χ4v) is 3.24. The monoisotopic (exact) mass is 390 g/mol. The van der Waals surface area contributed by atoms with Crippen molar-refractivity contribution in [1.82, 2.24) is 4.57 Å². The van der Waals surface area contributed by atoms with Crippen molar-refractivity contribution in [2.75, 3.05) is 0 Å². The molecule has 8 heteroatoms. The largest absolute Gasteiger partial charge is 0.478 e. The maximum absolute atomic E-state index is 13.0. The number of nitro groups is 1. The minimum atomic E-state index is -1.15. The number of fused-ring (bicyclic) bond motifs is 1. The number of para-hydroxylation sites is 1. The van der Waals surface area contributed by atoms with Crippen LogP contribution >= 0.6 is 0 Å². The molecule has 0 bridgehead atoms. The average molecular weight is 390 g/mol. The van der Waals surface area contributed by atoms with Gasteiger partial charge in [-0.15, -0.1) is 0 Å². The van der Waals surface area contributed by atoms with Crippen LogP contribution < -0.4 is 0 Å². The van der Waals surface area contributed by atoms with Gasteiger partial charge in [-0.1, -0.05) is 24.3 Å². The second kappa shape index (κ2) is 6.75. The van der Waals surface area contributed by atoms with Crippen LogP contribution in [-0.2, 0) is 0 Å². The number of aryl methyl sites for hydroxylation is 1. The predicted octanol–water partition coefficient (Wildman–Crippen LogP) is 4.50. The molecule has 4 rings (SSSR count). The fourth-order valence-electron chi connectivity index (χ4n) is 3.24. The Morgan fingerprint density at radius 2 is 1.86 bits per heavy atom. The van der Waals surface area contributed by atoms with Gasteiger partial charge in [0.1, 0.15) is 5.76 Å². The number of carboxylic acid groups (broad SMARTS) is 1. The summed E-state index contributed by atoms with van der Waals surface area (Å²) in [5.74, 6) is -1.61. The van der Waals surface area contributed by atoms with Crippen molar-refractivity contribution in [3.63, 3.8) is 0 Å². The van der Waals surface area contributed by atoms with E-state index in [1.807, 2.05) is 0 Å². The lowest BCUT2D eigenvalue weighted by molar-refractivity contribution is -0.384. The number of carboxylic acids is 1. The maximum atomic E-state index is 13.0. The number of hydrogen-bond acceptors (Lipinski definition) is 5. The molecule has 0 spiro atoms. The fraction of sp³-hybridized carbons (Fsp3) is 0.0476. The molecule has 8 nitrogen and oxygen atoms in total. The number of nitrogens with zero attached hydrogens (tertiary/aromatic N) is 2. The first-order valence-corrected chi connectivity index (χ1v) is 8.60. The SMILES string of the molecule is Cc1ccc(-c2ccc(C(=O)n3cc(C(=O)O)c4ccccc43)o2)c([N+](=O)[O-])c1. The molecule has 2 aromatic carbocycles. The lowest BCUT2D eigenvalue weighted by Gasteiger charge is -2.03. The molecule has 0 aliphatic rings. The molecule has 144 valence electrons. The highest BCUT2D eigenvalue weighted by Gasteiger charge is 2.23. The van der Waals surface area contributed by atoms with Gasteiger partial charge >= 0.3 is 5.97 Å². The van der Waals surface area contributed by atoms with Crippen LogP contribution in [0.15, 0.2) is 65.2 Å². The summed E-state index contributed by atoms with van der Waals surface area (Å²) in [6.07, 6.45) is 1.24. The molecule has 0 fully saturated rings. The van der Waals surface area contributed by atoms with Crippen LogP contribution in [0.25, 0.3) is 22.2 Å². The Kier molecular flexibility index (Phi) is 4.23. The Morgan fingerprint density at radius 3 is 2.59 bits per heavy atom. The van der Waals surface area contributed by atoms with E-state index in [0.717, 1.165) is 5.56 Å². The molecule has 0 saturated heterocycles. The van der Waals surface area contributed by atoms with Crippen LogP contribution in [0.1, 0.15) is 26.5 Å². The second-order valence-corrected chi connectivity index (χ2v) is 6.48. The molecule has 2 heterocycles. The highest BCUT2D eigenvalue weighted by molar-refractivity contribution is 6.08. The summed E-state index contributed by atoms with van der Waals surface area (Å²) >= 11 is 0. The molecule has 0 atom stereocenters. The van der Waals surface area contributed by atoms with Crippen molar-refractivity contribution >= 4 is 28.5 Å². The zero-order valence-corrected chi connectivity index (χ0v) is 15.2. The Balaban J connectivity index is 1.79. The van der Waals surface area contributed by atoms with Gasteiger partial charge in [-0.25, -0.2) is 4.79 Å². The van der Waals surface area contributed by atoms with Crippen molar-refractivity contribution < 1.29 is 24.0 Å². The lowest BCUT2D eigenvalue weighted by Crippen LogP contribution is -2.09. The summed E-state index contributed by atoms with van der Waals surface area (Å²) in [5.41, 5.74) is 1.27. The Bertz CT molecular complexity index is 1300. The third-order valence-corrected chi connectivity index (χ3v) is 4.59. The summed E-state index contributed by atoms with van der Waals surface area (Å²) in [6, 6.07) is 14.2. The van der Waals surface area contributed by atoms with E-state index in [1.54, 1.807) is 43.3 Å². The van der Waals surface area contributed by atoms with Crippen molar-refractivity contribution in [3.05, 3.63) is 87.8 Å². The van der Waals surface area contributed by atoms with Crippen LogP contribution in [0.3, 0.4) is 0 Å². The van der Waals surface area contributed by atoms with Crippen LogP contribution in [0.2, 0.25) is 0 Å². The van der Waals surface area contributed by atoms with E-state index in [1.165, 1.54) is 29.0 Å². The minimum absolute atomic E-state index is 0.00472. The first-order valence-electron chi connectivity index (χ1n) is 8.60. The van der Waals surface area contributed by atoms with Crippen molar-refractivity contribution in [2.24, 2.45) is 0 Å². The first-order chi connectivity index (χ1) is 13.9. The zero-order valence-electron chi connectivity index (χ0n) is 15.2. The quantitative estimate of drug-likeness (QED) is 0.405. The van der Waals surface area contributed by atoms with E-state index < -0.39 is 16.8 Å². The van der Waals surface area contributed by atoms with Crippen molar-refractivity contribution in [3.8, 4) is 11.3 Å². The van der Waals surface area contributed by atoms with Gasteiger partial charge in [-0.3, -0.25) is 19.5 Å². The van der Waals surface area contributed by atoms with Crippen LogP contribution in [0.4, 0.5) is 5.69 Å². The molecule has 0 radical (unpaired) electrons. The van der Waals surface area contributed by atoms with Gasteiger partial charge in [-0.2, -0.15) is 0 Å². The summed E-state index contributed by atoms with van der Waals surface area (Å²) in [6.45, 7) is 1.74. The van der Waals surface area contributed by atoms with Crippen LogP contribution in [0.5, 0.6) is 0 Å². The predicted molar refractivity (Wildman–Crippen MR) is 104 cm³/mol. The van der Waals surface area contributed by atoms with Crippen molar-refractivity contribution in [1.29, 1.82) is 0 Å². The third-order valence-electron chi connectivity index (χ3n) is 4.59. The van der Waals surface area contributed by atoms with E-state index >= 15 is 0 Å². The first kappa shape index (κ1) is 18.2. The van der Waals surface area contributed by atoms with Crippen LogP contribution in [0, 0.1) is 17.0 Å². The highest BCUT2D eigenvalue weighted by Crippen LogP contribution is 2.32. The topological polar surface area (TPSA) is 116 Å². The van der Waals surface area contributed by atoms with E-state index in [2.05, 4.69) is 0 Å². The smallest absolute Gasteiger partial charge is 0.337 e. The summed E-state index contributed by atoms with van der Waals surface area (Å²) < 4.78 is 6.81. The van der Waals surface area contributed by atoms with Gasteiger partial charge in [-0.05, 0) is 36.8 Å². The van der Waals surface area contributed by atoms with E-state index in [4.69, 9.17) is 4.42 Å². The minimum Gasteiger partial charge on any atom is -0.478 e. The van der Waals surface area contributed by atoms with E-state index in [0.29, 0.717) is 10.9 Å². The molecule has 4 aromatic rings. The van der Waals surface area contributed by atoms with Gasteiger partial charge in [0.25, 0.3) is 11.6 Å². The number of benzene rings is 2. The summed E-state index contributed by atoms with van der Waals surface area (Å²) in [7, 11) is 0. The number of carbonyl (C=O) groups is 2. The molecular formula is C21H14N2O6. The van der Waals surface area contributed by atoms with Crippen LogP contribution in [-0.4, -0.2) is 26.5 Å². The van der Waals surface area contributed by atoms with Gasteiger partial charge in [0, 0.05) is 17.6 Å². The molecule has 0 amide bonds. The molecule has 29 heavy (non-hydrogen) atoms. The summed E-state index contributed by atoms with van der Waals surface area (Å²) in [5, 5.41) is 21.2. The normalized spacial score (nSPS) is 10.9. The molecular weight excluding hydrogens is 376 g/mol. The standard InChI is InChI=1S/C21H14N2O6/c1-12-6-7-14(17(10-12)23(27)28)18-8-9-19(29-18)20(24)22-11-15(21(25)26)13-4-2-3-5-16(13)22/h2-11H,1H3,(H,25,26). The van der Waals surface area contributed by atoms with Gasteiger partial charge in [0.2, 0.25) is 0 Å². The Hall–Kier alpha value is -4.20. The number of aromatic nitrogens is 1. The van der Waals surface area contributed by atoms with Gasteiger partial charge in [0.05, 0.1) is 21.6 Å². The second-order valence-electron chi connectivity index (χ2n) is 6.48. The summed E-state index contributed by atoms with van der Waals surface area (Å²) in [4.78, 5) is 35.3. The zero-order chi connectivity index (χ0) is 20.7. The number of carbonyl (C=O) groups excluding carboxylic acids is 1. The van der Waals surface area contributed by atoms with Gasteiger partial charge < -0.3 is 9.52 Å². The van der Waals surface area contributed by atoms with Crippen molar-refractivity contribution in [2.45, 2.75) is 6.92 Å². The van der Waals surface area contributed by atoms with E-state index in [-0.39, 0.29) is 28.3 Å². The Morgan fingerprint density at radius 1 is 1.10 bits per heavy atom. The molecule has 0 aliphatic heterocycles. The third kappa shape index (κ3) is 3.06. The molecule has 1 N–H and O–H groups in total.